The van der Waals surface area contributed by atoms with Gasteiger partial charge >= 0.3 is 0 Å². The zero-order valence-corrected chi connectivity index (χ0v) is 5.33. The normalized spacial score (nSPS) is 57.8. The molecule has 0 heteroatoms. The van der Waals surface area contributed by atoms with Crippen LogP contribution in [0.1, 0.15) is 6.42 Å². The second-order valence-corrected chi connectivity index (χ2v) is 3.44. The molecule has 0 saturated heterocycles. The molecule has 0 radical (unpaired) electrons. The molecular formula is C9H10. The van der Waals surface area contributed by atoms with Crippen LogP contribution in [0, 0.1) is 23.7 Å². The summed E-state index contributed by atoms with van der Waals surface area (Å²) in [5.41, 5.74) is 0. The molecule has 9 heavy (non-hydrogen) atoms. The Labute approximate surface area is 55.3 Å². The average Bonchev–Trinajstić information content (AvgIpc) is 2.35. The summed E-state index contributed by atoms with van der Waals surface area (Å²) in [7, 11) is 0. The average molecular weight is 118 g/mol. The van der Waals surface area contributed by atoms with E-state index in [2.05, 4.69) is 24.3 Å². The van der Waals surface area contributed by atoms with Gasteiger partial charge in [-0.05, 0) is 30.1 Å². The Morgan fingerprint density at radius 1 is 1.00 bits per heavy atom. The van der Waals surface area contributed by atoms with Gasteiger partial charge in [-0.2, -0.15) is 0 Å². The molecule has 0 aromatic rings. The number of fused-ring (bicyclic) bond motifs is 1. The summed E-state index contributed by atoms with van der Waals surface area (Å²) in [4.78, 5) is 0. The van der Waals surface area contributed by atoms with E-state index in [0.29, 0.717) is 0 Å². The molecule has 0 heterocycles. The van der Waals surface area contributed by atoms with Gasteiger partial charge in [0.05, 0.1) is 0 Å². The molecular weight excluding hydrogens is 108 g/mol. The molecule has 0 unspecified atom stereocenters. The zero-order chi connectivity index (χ0) is 5.84. The molecule has 0 amide bonds. The van der Waals surface area contributed by atoms with Crippen LogP contribution >= 0.6 is 0 Å². The van der Waals surface area contributed by atoms with E-state index in [1.807, 2.05) is 0 Å². The van der Waals surface area contributed by atoms with Gasteiger partial charge in [-0.3, -0.25) is 0 Å². The predicted molar refractivity (Wildman–Crippen MR) is 36.9 cm³/mol. The third kappa shape index (κ3) is 0.375. The fourth-order valence-corrected chi connectivity index (χ4v) is 2.50. The Bertz CT molecular complexity index is 200. The van der Waals surface area contributed by atoms with Crippen molar-refractivity contribution in [3.8, 4) is 0 Å². The summed E-state index contributed by atoms with van der Waals surface area (Å²) in [6.45, 7) is 0. The van der Waals surface area contributed by atoms with Crippen molar-refractivity contribution in [1.82, 2.24) is 0 Å². The molecule has 0 aromatic heterocycles. The monoisotopic (exact) mass is 118 g/mol. The molecule has 1 saturated carbocycles. The van der Waals surface area contributed by atoms with Crippen molar-refractivity contribution >= 4 is 0 Å². The molecule has 0 nitrogen and oxygen atoms in total. The van der Waals surface area contributed by atoms with Crippen molar-refractivity contribution < 1.29 is 0 Å². The molecule has 0 aromatic carbocycles. The second kappa shape index (κ2) is 1.16. The van der Waals surface area contributed by atoms with E-state index in [9.17, 15) is 0 Å². The van der Waals surface area contributed by atoms with Gasteiger partial charge in [-0.15, -0.1) is 0 Å². The van der Waals surface area contributed by atoms with Crippen LogP contribution in [0.15, 0.2) is 24.3 Å². The highest BCUT2D eigenvalue weighted by atomic mass is 14.6. The lowest BCUT2D eigenvalue weighted by atomic mass is 9.95. The Morgan fingerprint density at radius 3 is 2.67 bits per heavy atom. The molecule has 46 valence electrons. The van der Waals surface area contributed by atoms with Crippen LogP contribution in [0.4, 0.5) is 0 Å². The highest BCUT2D eigenvalue weighted by Gasteiger charge is 2.54. The zero-order valence-electron chi connectivity index (χ0n) is 5.33. The Morgan fingerprint density at radius 2 is 1.89 bits per heavy atom. The van der Waals surface area contributed by atoms with E-state index in [-0.39, 0.29) is 0 Å². The molecule has 3 aliphatic rings. The first-order valence-corrected chi connectivity index (χ1v) is 3.82. The minimum Gasteiger partial charge on any atom is -0.0876 e. The first kappa shape index (κ1) is 4.32. The maximum Gasteiger partial charge on any atom is -0.0127 e. The highest BCUT2D eigenvalue weighted by Crippen LogP contribution is 2.60. The largest absolute Gasteiger partial charge is 0.0876 e. The highest BCUT2D eigenvalue weighted by molar-refractivity contribution is 5.28. The Hall–Kier alpha value is -0.520. The first-order chi connectivity index (χ1) is 4.47. The van der Waals surface area contributed by atoms with E-state index in [0.717, 1.165) is 23.7 Å². The maximum absolute atomic E-state index is 2.42. The number of hydrogen-bond acceptors (Lipinski definition) is 0. The van der Waals surface area contributed by atoms with Crippen molar-refractivity contribution in [3.05, 3.63) is 24.3 Å². The SMILES string of the molecule is C1=C[C@@H]2[C@H]3C=C[C@H](C1)[C@H]23. The molecule has 0 N–H and O–H groups in total. The summed E-state index contributed by atoms with van der Waals surface area (Å²) in [6.07, 6.45) is 10.9. The van der Waals surface area contributed by atoms with Gasteiger partial charge in [0, 0.05) is 0 Å². The number of allylic oxidation sites excluding steroid dienone is 4. The molecule has 4 atom stereocenters. The lowest BCUT2D eigenvalue weighted by molar-refractivity contribution is 0.546. The molecule has 0 spiro atoms. The fourth-order valence-electron chi connectivity index (χ4n) is 2.50. The minimum absolute atomic E-state index is 0.935. The Kier molecular flexibility index (Phi) is 0.555. The second-order valence-electron chi connectivity index (χ2n) is 3.44. The topological polar surface area (TPSA) is 0 Å². The minimum atomic E-state index is 0.935. The smallest absolute Gasteiger partial charge is 0.0127 e. The molecule has 0 bridgehead atoms. The summed E-state index contributed by atoms with van der Waals surface area (Å²) in [5.74, 6) is 3.92. The van der Waals surface area contributed by atoms with Gasteiger partial charge in [0.25, 0.3) is 0 Å². The van der Waals surface area contributed by atoms with Gasteiger partial charge < -0.3 is 0 Å². The number of hydrogen-bond donors (Lipinski definition) is 0. The van der Waals surface area contributed by atoms with Crippen LogP contribution in [-0.4, -0.2) is 0 Å². The van der Waals surface area contributed by atoms with Crippen LogP contribution in [0.25, 0.3) is 0 Å². The Balaban J connectivity index is 2.08. The summed E-state index contributed by atoms with van der Waals surface area (Å²) < 4.78 is 0. The van der Waals surface area contributed by atoms with Gasteiger partial charge in [0.15, 0.2) is 0 Å². The maximum atomic E-state index is 2.42. The summed E-state index contributed by atoms with van der Waals surface area (Å²) in [5, 5.41) is 0. The van der Waals surface area contributed by atoms with Crippen molar-refractivity contribution in [2.45, 2.75) is 6.42 Å². The fraction of sp³-hybridized carbons (Fsp3) is 0.556. The van der Waals surface area contributed by atoms with Gasteiger partial charge in [-0.25, -0.2) is 0 Å². The lowest BCUT2D eigenvalue weighted by Gasteiger charge is -2.10. The molecule has 3 rings (SSSR count). The number of rotatable bonds is 0. The van der Waals surface area contributed by atoms with Gasteiger partial charge in [0.1, 0.15) is 0 Å². The van der Waals surface area contributed by atoms with E-state index in [1.54, 1.807) is 0 Å². The van der Waals surface area contributed by atoms with Crippen molar-refractivity contribution in [3.63, 3.8) is 0 Å². The summed E-state index contributed by atoms with van der Waals surface area (Å²) in [6, 6.07) is 0. The van der Waals surface area contributed by atoms with E-state index in [4.69, 9.17) is 0 Å². The lowest BCUT2D eigenvalue weighted by Crippen LogP contribution is -2.00. The van der Waals surface area contributed by atoms with E-state index in [1.165, 1.54) is 6.42 Å². The quantitative estimate of drug-likeness (QED) is 0.427. The van der Waals surface area contributed by atoms with Crippen molar-refractivity contribution in [2.75, 3.05) is 0 Å². The first-order valence-electron chi connectivity index (χ1n) is 3.82. The van der Waals surface area contributed by atoms with E-state index >= 15 is 0 Å². The van der Waals surface area contributed by atoms with Gasteiger partial charge in [0.2, 0.25) is 0 Å². The van der Waals surface area contributed by atoms with Crippen LogP contribution in [-0.2, 0) is 0 Å². The molecule has 1 fully saturated rings. The van der Waals surface area contributed by atoms with Crippen LogP contribution < -0.4 is 0 Å². The molecule has 3 aliphatic carbocycles. The van der Waals surface area contributed by atoms with Crippen LogP contribution in [0.5, 0.6) is 0 Å². The van der Waals surface area contributed by atoms with Crippen LogP contribution in [0.2, 0.25) is 0 Å². The van der Waals surface area contributed by atoms with Crippen LogP contribution in [0.3, 0.4) is 0 Å². The third-order valence-corrected chi connectivity index (χ3v) is 3.03. The molecule has 0 aliphatic heterocycles. The van der Waals surface area contributed by atoms with Gasteiger partial charge in [-0.1, -0.05) is 24.3 Å². The van der Waals surface area contributed by atoms with E-state index < -0.39 is 0 Å². The third-order valence-electron chi connectivity index (χ3n) is 3.03. The van der Waals surface area contributed by atoms with Crippen molar-refractivity contribution in [1.29, 1.82) is 0 Å². The standard InChI is InChI=1S/C9H10/c1-2-6-4-5-8-7(3-1)9(6)8/h1,3-9H,2H2/t6-,7+,8+,9+/m0/s1. The van der Waals surface area contributed by atoms with Crippen molar-refractivity contribution in [2.24, 2.45) is 23.7 Å². The predicted octanol–water partition coefficient (Wildman–Crippen LogP) is 1.99. The summed E-state index contributed by atoms with van der Waals surface area (Å²) >= 11 is 0.